The molecular formula is C42H58N6O2S2. The summed E-state index contributed by atoms with van der Waals surface area (Å²) in [6, 6.07) is 10.1. The standard InChI is InChI=1S/C21H31N3OS.C21H27N3OS/c2*1-12(2)17(11-22)23-19(25)18-10-14-8-13-9-15(21(3,4)5)6-7-16(13)24-20(14)26-18/h8,10,12,15,17H,6-7,9,11,22H2,1-5H3,(H,23,25);8,10,12,15,17H,6-7,9H2,1-5H3,(H,23,25)/t2*15?,17-/m11/s1. The van der Waals surface area contributed by atoms with Crippen molar-refractivity contribution in [1.82, 2.24) is 20.6 Å². The van der Waals surface area contributed by atoms with E-state index < -0.39 is 6.04 Å². The van der Waals surface area contributed by atoms with E-state index in [9.17, 15) is 14.9 Å². The zero-order chi connectivity index (χ0) is 38.1. The first-order chi connectivity index (χ1) is 24.4. The SMILES string of the molecule is CC(C)[C@@H](C#N)NC(=O)c1cc2cc3c(nc2s1)CCC(C(C)(C)C)C3.CC(C)[C@@H](CN)NC(=O)c1cc2cc3c(nc2s1)CCC(C(C)(C)C)C3. The highest BCUT2D eigenvalue weighted by molar-refractivity contribution is 7.20. The van der Waals surface area contributed by atoms with Crippen molar-refractivity contribution in [2.24, 2.45) is 40.2 Å². The predicted molar refractivity (Wildman–Crippen MR) is 216 cm³/mol. The number of pyridine rings is 2. The number of nitriles is 1. The first-order valence-corrected chi connectivity index (χ1v) is 20.6. The summed E-state index contributed by atoms with van der Waals surface area (Å²) in [6.07, 6.45) is 6.56. The van der Waals surface area contributed by atoms with E-state index in [0.29, 0.717) is 40.0 Å². The normalized spacial score (nSPS) is 18.6. The van der Waals surface area contributed by atoms with Crippen molar-refractivity contribution in [3.8, 4) is 6.07 Å². The Morgan fingerprint density at radius 1 is 0.788 bits per heavy atom. The topological polar surface area (TPSA) is 134 Å². The minimum Gasteiger partial charge on any atom is -0.347 e. The summed E-state index contributed by atoms with van der Waals surface area (Å²) >= 11 is 2.90. The molecule has 4 aromatic rings. The zero-order valence-corrected chi connectivity index (χ0v) is 34.4. The molecule has 10 heteroatoms. The van der Waals surface area contributed by atoms with Crippen LogP contribution in [-0.4, -0.2) is 40.4 Å². The fourth-order valence-corrected chi connectivity index (χ4v) is 9.12. The second kappa shape index (κ2) is 15.9. The lowest BCUT2D eigenvalue weighted by Gasteiger charge is -2.34. The van der Waals surface area contributed by atoms with Crippen LogP contribution in [0.25, 0.3) is 20.4 Å². The fraction of sp³-hybridized carbons (Fsp3) is 0.595. The Morgan fingerprint density at radius 2 is 1.23 bits per heavy atom. The van der Waals surface area contributed by atoms with Gasteiger partial charge in [0.25, 0.3) is 11.8 Å². The van der Waals surface area contributed by atoms with Crippen molar-refractivity contribution in [1.29, 1.82) is 5.26 Å². The van der Waals surface area contributed by atoms with Gasteiger partial charge in [0.2, 0.25) is 0 Å². The largest absolute Gasteiger partial charge is 0.347 e. The molecule has 8 nitrogen and oxygen atoms in total. The number of hydrogen-bond acceptors (Lipinski definition) is 8. The van der Waals surface area contributed by atoms with E-state index in [4.69, 9.17) is 15.7 Å². The average molecular weight is 743 g/mol. The van der Waals surface area contributed by atoms with Crippen molar-refractivity contribution in [2.45, 2.75) is 120 Å². The molecule has 4 heterocycles. The maximum absolute atomic E-state index is 12.6. The molecule has 0 aromatic carbocycles. The van der Waals surface area contributed by atoms with E-state index in [1.807, 2.05) is 26.0 Å². The van der Waals surface area contributed by atoms with Gasteiger partial charge in [-0.25, -0.2) is 9.97 Å². The summed E-state index contributed by atoms with van der Waals surface area (Å²) in [5, 5.41) is 17.2. The van der Waals surface area contributed by atoms with Crippen LogP contribution >= 0.6 is 22.7 Å². The van der Waals surface area contributed by atoms with Crippen LogP contribution in [0.5, 0.6) is 0 Å². The number of thiophene rings is 2. The van der Waals surface area contributed by atoms with Crippen molar-refractivity contribution in [3.05, 3.63) is 56.5 Å². The van der Waals surface area contributed by atoms with E-state index in [-0.39, 0.29) is 23.8 Å². The van der Waals surface area contributed by atoms with Crippen LogP contribution in [0.4, 0.5) is 0 Å². The number of hydrogen-bond donors (Lipinski definition) is 3. The minimum atomic E-state index is -0.471. The molecule has 0 spiro atoms. The molecule has 0 saturated heterocycles. The number of rotatable bonds is 7. The zero-order valence-electron chi connectivity index (χ0n) is 32.8. The van der Waals surface area contributed by atoms with Crippen molar-refractivity contribution in [2.75, 3.05) is 6.54 Å². The Labute approximate surface area is 318 Å². The second-order valence-electron chi connectivity index (χ2n) is 17.7. The number of aromatic nitrogens is 2. The molecule has 0 radical (unpaired) electrons. The third kappa shape index (κ3) is 9.21. The molecule has 52 heavy (non-hydrogen) atoms. The summed E-state index contributed by atoms with van der Waals surface area (Å²) in [7, 11) is 0. The molecule has 4 atom stereocenters. The van der Waals surface area contributed by atoms with E-state index in [2.05, 4.69) is 84.2 Å². The highest BCUT2D eigenvalue weighted by Gasteiger charge is 2.31. The Morgan fingerprint density at radius 3 is 1.60 bits per heavy atom. The van der Waals surface area contributed by atoms with Gasteiger partial charge in [0.15, 0.2) is 0 Å². The maximum atomic E-state index is 12.6. The highest BCUT2D eigenvalue weighted by atomic mass is 32.1. The van der Waals surface area contributed by atoms with Crippen LogP contribution in [-0.2, 0) is 25.7 Å². The lowest BCUT2D eigenvalue weighted by atomic mass is 9.71. The highest BCUT2D eigenvalue weighted by Crippen LogP contribution is 2.40. The van der Waals surface area contributed by atoms with Crippen LogP contribution in [0.15, 0.2) is 24.3 Å². The Kier molecular flexibility index (Phi) is 12.2. The Bertz CT molecular complexity index is 1950. The number of fused-ring (bicyclic) bond motifs is 4. The fourth-order valence-electron chi connectivity index (χ4n) is 7.25. The van der Waals surface area contributed by atoms with Crippen LogP contribution in [0, 0.1) is 45.8 Å². The number of carbonyl (C=O) groups is 2. The molecule has 6 rings (SSSR count). The van der Waals surface area contributed by atoms with Gasteiger partial charge in [0.05, 0.1) is 15.8 Å². The van der Waals surface area contributed by atoms with E-state index in [1.54, 1.807) is 0 Å². The van der Waals surface area contributed by atoms with E-state index in [0.717, 1.165) is 51.0 Å². The Balaban J connectivity index is 0.000000201. The molecule has 2 aliphatic carbocycles. The minimum absolute atomic E-state index is 0.00132. The molecule has 0 aliphatic heterocycles. The lowest BCUT2D eigenvalue weighted by molar-refractivity contribution is 0.0927. The molecule has 2 unspecified atom stereocenters. The number of nitrogens with two attached hydrogens (primary N) is 1. The monoisotopic (exact) mass is 742 g/mol. The quantitative estimate of drug-likeness (QED) is 0.173. The first kappa shape index (κ1) is 39.8. The molecule has 0 fully saturated rings. The Hall–Kier alpha value is -3.39. The summed E-state index contributed by atoms with van der Waals surface area (Å²) in [4.78, 5) is 38.1. The van der Waals surface area contributed by atoms with Gasteiger partial charge in [-0.2, -0.15) is 5.26 Å². The summed E-state index contributed by atoms with van der Waals surface area (Å²) < 4.78 is 0. The van der Waals surface area contributed by atoms with Gasteiger partial charge in [0.1, 0.15) is 15.7 Å². The molecule has 0 bridgehead atoms. The number of amides is 2. The third-order valence-corrected chi connectivity index (χ3v) is 13.2. The van der Waals surface area contributed by atoms with Gasteiger partial charge in [-0.3, -0.25) is 9.59 Å². The van der Waals surface area contributed by atoms with Crippen molar-refractivity contribution in [3.63, 3.8) is 0 Å². The molecule has 2 aliphatic rings. The molecule has 4 aromatic heterocycles. The van der Waals surface area contributed by atoms with Crippen LogP contribution in [0.2, 0.25) is 0 Å². The summed E-state index contributed by atoms with van der Waals surface area (Å²) in [5.74, 6) is 1.53. The summed E-state index contributed by atoms with van der Waals surface area (Å²) in [5.41, 5.74) is 11.5. The van der Waals surface area contributed by atoms with Gasteiger partial charge >= 0.3 is 0 Å². The van der Waals surface area contributed by atoms with Gasteiger partial charge < -0.3 is 16.4 Å². The maximum Gasteiger partial charge on any atom is 0.262 e. The predicted octanol–water partition coefficient (Wildman–Crippen LogP) is 8.89. The molecule has 4 N–H and O–H groups in total. The first-order valence-electron chi connectivity index (χ1n) is 18.9. The number of carbonyl (C=O) groups excluding carboxylic acids is 2. The average Bonchev–Trinajstić information content (AvgIpc) is 3.69. The number of nitrogens with one attached hydrogen (secondary N) is 2. The van der Waals surface area contributed by atoms with Gasteiger partial charge in [0, 0.05) is 34.7 Å². The number of aryl methyl sites for hydroxylation is 2. The molecular weight excluding hydrogens is 685 g/mol. The van der Waals surface area contributed by atoms with Gasteiger partial charge in [-0.1, -0.05) is 69.2 Å². The van der Waals surface area contributed by atoms with Crippen LogP contribution in [0.1, 0.15) is 124 Å². The number of nitrogens with zero attached hydrogens (tertiary/aromatic N) is 3. The van der Waals surface area contributed by atoms with Crippen LogP contribution in [0.3, 0.4) is 0 Å². The molecule has 0 saturated carbocycles. The van der Waals surface area contributed by atoms with E-state index >= 15 is 0 Å². The lowest BCUT2D eigenvalue weighted by Crippen LogP contribution is -2.43. The van der Waals surface area contributed by atoms with Crippen LogP contribution < -0.4 is 16.4 Å². The van der Waals surface area contributed by atoms with Gasteiger partial charge in [-0.05, 0) is 108 Å². The van der Waals surface area contributed by atoms with E-state index in [1.165, 1.54) is 58.0 Å². The molecule has 280 valence electrons. The third-order valence-electron chi connectivity index (χ3n) is 11.1. The molecule has 2 amide bonds. The second-order valence-corrected chi connectivity index (χ2v) is 19.8. The van der Waals surface area contributed by atoms with Crippen molar-refractivity contribution < 1.29 is 9.59 Å². The smallest absolute Gasteiger partial charge is 0.262 e. The van der Waals surface area contributed by atoms with Gasteiger partial charge in [-0.15, -0.1) is 22.7 Å². The summed E-state index contributed by atoms with van der Waals surface area (Å²) in [6.45, 7) is 22.4. The van der Waals surface area contributed by atoms with Crippen molar-refractivity contribution >= 4 is 54.9 Å².